The van der Waals surface area contributed by atoms with Crippen molar-refractivity contribution >= 4 is 5.91 Å². The summed E-state index contributed by atoms with van der Waals surface area (Å²) in [6.07, 6.45) is 3.92. The summed E-state index contributed by atoms with van der Waals surface area (Å²) in [6, 6.07) is 6.33. The van der Waals surface area contributed by atoms with Crippen molar-refractivity contribution in [3.8, 4) is 11.4 Å². The first-order valence-corrected chi connectivity index (χ1v) is 8.29. The second kappa shape index (κ2) is 8.01. The van der Waals surface area contributed by atoms with E-state index in [1.165, 1.54) is 18.6 Å². The van der Waals surface area contributed by atoms with Crippen molar-refractivity contribution in [2.24, 2.45) is 0 Å². The van der Waals surface area contributed by atoms with Gasteiger partial charge in [-0.25, -0.2) is 4.39 Å². The number of amides is 1. The average molecular weight is 332 g/mol. The van der Waals surface area contributed by atoms with Gasteiger partial charge < -0.3 is 15.2 Å². The quantitative estimate of drug-likeness (QED) is 0.811. The lowest BCUT2D eigenvalue weighted by molar-refractivity contribution is -0.121. The van der Waals surface area contributed by atoms with Gasteiger partial charge in [0, 0.05) is 31.0 Å². The van der Waals surface area contributed by atoms with Gasteiger partial charge in [-0.1, -0.05) is 5.16 Å². The van der Waals surface area contributed by atoms with Crippen molar-refractivity contribution in [2.45, 2.75) is 38.1 Å². The molecule has 24 heavy (non-hydrogen) atoms. The number of halogens is 1. The fraction of sp³-hybridized carbons (Fsp3) is 0.471. The van der Waals surface area contributed by atoms with E-state index < -0.39 is 0 Å². The number of nitrogens with one attached hydrogen (secondary N) is 2. The molecule has 7 heteroatoms. The van der Waals surface area contributed by atoms with Gasteiger partial charge in [0.1, 0.15) is 5.82 Å². The fourth-order valence-corrected chi connectivity index (χ4v) is 2.73. The molecule has 1 unspecified atom stereocenters. The molecule has 2 N–H and O–H groups in total. The highest BCUT2D eigenvalue weighted by Gasteiger charge is 2.15. The standard InChI is InChI=1S/C17H21FN4O2/c18-13-8-6-12(7-9-13)17-21-16(24-22-17)5-1-4-15(23)20-11-14-3-2-10-19-14/h6-9,14,19H,1-5,10-11H2,(H,20,23). The van der Waals surface area contributed by atoms with Gasteiger partial charge in [0.2, 0.25) is 17.6 Å². The lowest BCUT2D eigenvalue weighted by Gasteiger charge is -2.10. The van der Waals surface area contributed by atoms with E-state index in [0.29, 0.717) is 49.1 Å². The zero-order valence-electron chi connectivity index (χ0n) is 13.4. The van der Waals surface area contributed by atoms with Crippen LogP contribution in [0.5, 0.6) is 0 Å². The molecule has 6 nitrogen and oxygen atoms in total. The van der Waals surface area contributed by atoms with E-state index >= 15 is 0 Å². The Morgan fingerprint density at radius 3 is 2.96 bits per heavy atom. The van der Waals surface area contributed by atoms with Gasteiger partial charge in [0.05, 0.1) is 0 Å². The Labute approximate surface area is 139 Å². The summed E-state index contributed by atoms with van der Waals surface area (Å²) in [4.78, 5) is 16.1. The maximum Gasteiger partial charge on any atom is 0.226 e. The van der Waals surface area contributed by atoms with Gasteiger partial charge in [-0.15, -0.1) is 0 Å². The highest BCUT2D eigenvalue weighted by atomic mass is 19.1. The van der Waals surface area contributed by atoms with Crippen LogP contribution in [0.2, 0.25) is 0 Å². The highest BCUT2D eigenvalue weighted by molar-refractivity contribution is 5.75. The molecule has 0 spiro atoms. The van der Waals surface area contributed by atoms with E-state index in [1.807, 2.05) is 0 Å². The number of hydrogen-bond acceptors (Lipinski definition) is 5. The predicted molar refractivity (Wildman–Crippen MR) is 86.7 cm³/mol. The molecule has 0 saturated carbocycles. The maximum atomic E-state index is 12.9. The summed E-state index contributed by atoms with van der Waals surface area (Å²) < 4.78 is 18.1. The van der Waals surface area contributed by atoms with E-state index in [1.54, 1.807) is 12.1 Å². The Morgan fingerprint density at radius 2 is 2.21 bits per heavy atom. The Kier molecular flexibility index (Phi) is 5.53. The Balaban J connectivity index is 1.40. The topological polar surface area (TPSA) is 80.0 Å². The molecule has 1 aromatic heterocycles. The minimum Gasteiger partial charge on any atom is -0.355 e. The van der Waals surface area contributed by atoms with E-state index in [0.717, 1.165) is 13.0 Å². The molecule has 3 rings (SSSR count). The zero-order chi connectivity index (χ0) is 16.8. The number of aryl methyl sites for hydroxylation is 1. The van der Waals surface area contributed by atoms with Crippen molar-refractivity contribution in [3.63, 3.8) is 0 Å². The third-order valence-corrected chi connectivity index (χ3v) is 4.07. The van der Waals surface area contributed by atoms with Crippen LogP contribution in [0.3, 0.4) is 0 Å². The summed E-state index contributed by atoms with van der Waals surface area (Å²) in [5.41, 5.74) is 0.702. The Bertz CT molecular complexity index is 665. The minimum atomic E-state index is -0.304. The molecule has 1 atom stereocenters. The molecule has 2 heterocycles. The van der Waals surface area contributed by atoms with Crippen LogP contribution in [0, 0.1) is 5.82 Å². The fourth-order valence-electron chi connectivity index (χ4n) is 2.73. The van der Waals surface area contributed by atoms with Gasteiger partial charge in [-0.05, 0) is 50.1 Å². The van der Waals surface area contributed by atoms with Crippen LogP contribution in [0.1, 0.15) is 31.6 Å². The van der Waals surface area contributed by atoms with E-state index in [2.05, 4.69) is 20.8 Å². The van der Waals surface area contributed by atoms with Gasteiger partial charge in [-0.2, -0.15) is 4.98 Å². The molecule has 0 bridgehead atoms. The first kappa shape index (κ1) is 16.6. The molecule has 2 aromatic rings. The van der Waals surface area contributed by atoms with Crippen LogP contribution < -0.4 is 10.6 Å². The van der Waals surface area contributed by atoms with Crippen LogP contribution in [0.15, 0.2) is 28.8 Å². The summed E-state index contributed by atoms with van der Waals surface area (Å²) in [6.45, 7) is 1.72. The number of carbonyl (C=O) groups excluding carboxylic acids is 1. The molecule has 1 saturated heterocycles. The number of rotatable bonds is 7. The van der Waals surface area contributed by atoms with Crippen molar-refractivity contribution in [3.05, 3.63) is 36.0 Å². The van der Waals surface area contributed by atoms with Crippen LogP contribution in [0.4, 0.5) is 4.39 Å². The molecular formula is C17H21FN4O2. The summed E-state index contributed by atoms with van der Waals surface area (Å²) in [7, 11) is 0. The number of nitrogens with zero attached hydrogens (tertiary/aromatic N) is 2. The number of hydrogen-bond donors (Lipinski definition) is 2. The maximum absolute atomic E-state index is 12.9. The van der Waals surface area contributed by atoms with Gasteiger partial charge in [0.15, 0.2) is 0 Å². The van der Waals surface area contributed by atoms with Crippen LogP contribution >= 0.6 is 0 Å². The summed E-state index contributed by atoms with van der Waals surface area (Å²) >= 11 is 0. The van der Waals surface area contributed by atoms with E-state index in [9.17, 15) is 9.18 Å². The second-order valence-corrected chi connectivity index (χ2v) is 5.97. The highest BCUT2D eigenvalue weighted by Crippen LogP contribution is 2.16. The third kappa shape index (κ3) is 4.61. The van der Waals surface area contributed by atoms with Gasteiger partial charge in [-0.3, -0.25) is 4.79 Å². The monoisotopic (exact) mass is 332 g/mol. The smallest absolute Gasteiger partial charge is 0.226 e. The van der Waals surface area contributed by atoms with Gasteiger partial charge >= 0.3 is 0 Å². The molecule has 1 fully saturated rings. The average Bonchev–Trinajstić information content (AvgIpc) is 3.25. The second-order valence-electron chi connectivity index (χ2n) is 5.97. The molecule has 1 aromatic carbocycles. The van der Waals surface area contributed by atoms with E-state index in [4.69, 9.17) is 4.52 Å². The molecule has 1 aliphatic heterocycles. The Morgan fingerprint density at radius 1 is 1.38 bits per heavy atom. The van der Waals surface area contributed by atoms with Crippen LogP contribution in [0.25, 0.3) is 11.4 Å². The van der Waals surface area contributed by atoms with Crippen molar-refractivity contribution in [1.82, 2.24) is 20.8 Å². The van der Waals surface area contributed by atoms with Crippen LogP contribution in [-0.4, -0.2) is 35.2 Å². The van der Waals surface area contributed by atoms with E-state index in [-0.39, 0.29) is 11.7 Å². The first-order valence-electron chi connectivity index (χ1n) is 8.29. The van der Waals surface area contributed by atoms with Crippen molar-refractivity contribution in [1.29, 1.82) is 0 Å². The SMILES string of the molecule is O=C(CCCc1nc(-c2ccc(F)cc2)no1)NCC1CCCN1. The molecule has 0 radical (unpaired) electrons. The summed E-state index contributed by atoms with van der Waals surface area (Å²) in [5, 5.41) is 10.2. The third-order valence-electron chi connectivity index (χ3n) is 4.07. The number of aromatic nitrogens is 2. The molecule has 1 aliphatic rings. The Hall–Kier alpha value is -2.28. The molecule has 1 amide bonds. The van der Waals surface area contributed by atoms with Crippen molar-refractivity contribution in [2.75, 3.05) is 13.1 Å². The lowest BCUT2D eigenvalue weighted by Crippen LogP contribution is -2.37. The largest absolute Gasteiger partial charge is 0.355 e. The van der Waals surface area contributed by atoms with Gasteiger partial charge in [0.25, 0.3) is 0 Å². The first-order chi connectivity index (χ1) is 11.7. The predicted octanol–water partition coefficient (Wildman–Crippen LogP) is 2.07. The lowest BCUT2D eigenvalue weighted by atomic mass is 10.2. The van der Waals surface area contributed by atoms with Crippen LogP contribution in [-0.2, 0) is 11.2 Å². The summed E-state index contributed by atoms with van der Waals surface area (Å²) in [5.74, 6) is 0.657. The number of carbonyl (C=O) groups is 1. The molecule has 0 aliphatic carbocycles. The van der Waals surface area contributed by atoms with Crippen molar-refractivity contribution < 1.29 is 13.7 Å². The minimum absolute atomic E-state index is 0.0435. The zero-order valence-corrected chi connectivity index (χ0v) is 13.4. The number of benzene rings is 1. The molecule has 128 valence electrons. The molecular weight excluding hydrogens is 311 g/mol. The normalized spacial score (nSPS) is 17.1.